The molecule has 0 aliphatic heterocycles. The monoisotopic (exact) mass is 424 g/mol. The molecule has 0 heterocycles. The van der Waals surface area contributed by atoms with Crippen molar-refractivity contribution in [1.29, 1.82) is 0 Å². The van der Waals surface area contributed by atoms with E-state index in [1.165, 1.54) is 7.11 Å². The van der Waals surface area contributed by atoms with E-state index in [4.69, 9.17) is 33.2 Å². The summed E-state index contributed by atoms with van der Waals surface area (Å²) in [6.07, 6.45) is -7.86. The van der Waals surface area contributed by atoms with E-state index in [0.29, 0.717) is 0 Å². The van der Waals surface area contributed by atoms with Crippen LogP contribution in [0.5, 0.6) is 0 Å². The maximum Gasteiger partial charge on any atom is 0.510 e. The number of carbonyl (C=O) groups is 2. The standard InChI is InChI=1S/C18H32O11/c1-9(2)28-17(21)26-7-24-14-11(5)12(19)15(23-6)13(20)16(14)25-8-27-18(22)29-10(3)4/h9-16,19-20H,7-8H2,1-6H3. The number of methoxy groups -OCH3 is 1. The Kier molecular flexibility index (Phi) is 10.6. The third-order valence-electron chi connectivity index (χ3n) is 4.20. The summed E-state index contributed by atoms with van der Waals surface area (Å²) in [5, 5.41) is 20.9. The minimum atomic E-state index is -1.30. The fraction of sp³-hybridized carbons (Fsp3) is 0.889. The van der Waals surface area contributed by atoms with Gasteiger partial charge in [-0.15, -0.1) is 0 Å². The molecule has 11 heteroatoms. The molecule has 0 spiro atoms. The summed E-state index contributed by atoms with van der Waals surface area (Å²) in [5.74, 6) is -0.569. The van der Waals surface area contributed by atoms with Gasteiger partial charge in [-0.25, -0.2) is 9.59 Å². The molecule has 170 valence electrons. The molecule has 1 aliphatic rings. The van der Waals surface area contributed by atoms with Crippen LogP contribution in [0.25, 0.3) is 0 Å². The van der Waals surface area contributed by atoms with Gasteiger partial charge in [0, 0.05) is 13.0 Å². The second kappa shape index (κ2) is 12.1. The first-order valence-electron chi connectivity index (χ1n) is 9.37. The highest BCUT2D eigenvalue weighted by atomic mass is 16.8. The molecule has 29 heavy (non-hydrogen) atoms. The highest BCUT2D eigenvalue weighted by molar-refractivity contribution is 5.60. The van der Waals surface area contributed by atoms with Gasteiger partial charge in [0.2, 0.25) is 0 Å². The van der Waals surface area contributed by atoms with E-state index in [9.17, 15) is 19.8 Å². The topological polar surface area (TPSA) is 139 Å². The quantitative estimate of drug-likeness (QED) is 0.407. The Morgan fingerprint density at radius 3 is 1.66 bits per heavy atom. The maximum absolute atomic E-state index is 11.5. The van der Waals surface area contributed by atoms with Gasteiger partial charge in [-0.2, -0.15) is 0 Å². The number of hydrogen-bond acceptors (Lipinski definition) is 11. The zero-order chi connectivity index (χ0) is 22.1. The van der Waals surface area contributed by atoms with Gasteiger partial charge in [0.15, 0.2) is 13.6 Å². The molecule has 0 aromatic heterocycles. The van der Waals surface area contributed by atoms with Crippen LogP contribution in [0.15, 0.2) is 0 Å². The molecule has 0 radical (unpaired) electrons. The summed E-state index contributed by atoms with van der Waals surface area (Å²) >= 11 is 0. The zero-order valence-electron chi connectivity index (χ0n) is 17.6. The summed E-state index contributed by atoms with van der Waals surface area (Å²) in [5.41, 5.74) is 0. The maximum atomic E-state index is 11.5. The van der Waals surface area contributed by atoms with Crippen LogP contribution in [0.3, 0.4) is 0 Å². The number of aliphatic hydroxyl groups is 2. The van der Waals surface area contributed by atoms with Crippen LogP contribution in [0, 0.1) is 5.92 Å². The molecule has 1 fully saturated rings. The Morgan fingerprint density at radius 2 is 1.24 bits per heavy atom. The molecule has 0 saturated heterocycles. The van der Waals surface area contributed by atoms with Crippen molar-refractivity contribution >= 4 is 12.3 Å². The van der Waals surface area contributed by atoms with Crippen molar-refractivity contribution < 1.29 is 53.0 Å². The third kappa shape index (κ3) is 7.94. The number of rotatable bonds is 9. The van der Waals surface area contributed by atoms with E-state index < -0.39 is 62.3 Å². The van der Waals surface area contributed by atoms with E-state index >= 15 is 0 Å². The van der Waals surface area contributed by atoms with E-state index in [0.717, 1.165) is 0 Å². The molecule has 11 nitrogen and oxygen atoms in total. The number of carbonyl (C=O) groups excluding carboxylic acids is 2. The first-order valence-corrected chi connectivity index (χ1v) is 9.37. The van der Waals surface area contributed by atoms with E-state index in [1.54, 1.807) is 34.6 Å². The fourth-order valence-electron chi connectivity index (χ4n) is 2.87. The van der Waals surface area contributed by atoms with Gasteiger partial charge >= 0.3 is 12.3 Å². The lowest BCUT2D eigenvalue weighted by Gasteiger charge is -2.45. The Labute approximate surface area is 170 Å². The summed E-state index contributed by atoms with van der Waals surface area (Å²) in [7, 11) is 1.34. The van der Waals surface area contributed by atoms with E-state index in [1.807, 2.05) is 0 Å². The average molecular weight is 424 g/mol. The fourth-order valence-corrected chi connectivity index (χ4v) is 2.87. The predicted octanol–water partition coefficient (Wildman–Crippen LogP) is 1.18. The average Bonchev–Trinajstić information content (AvgIpc) is 2.60. The third-order valence-corrected chi connectivity index (χ3v) is 4.20. The van der Waals surface area contributed by atoms with Crippen molar-refractivity contribution in [3.05, 3.63) is 0 Å². The first-order chi connectivity index (χ1) is 13.6. The minimum absolute atomic E-state index is 0.360. The molecule has 1 rings (SSSR count). The summed E-state index contributed by atoms with van der Waals surface area (Å²) in [6.45, 7) is 7.29. The molecule has 0 aromatic rings. The second-order valence-electron chi connectivity index (χ2n) is 7.16. The highest BCUT2D eigenvalue weighted by Crippen LogP contribution is 2.32. The SMILES string of the molecule is COC1C(O)C(C)C(OCOC(=O)OC(C)C)C(OCOC(=O)OC(C)C)C1O. The Hall–Kier alpha value is -1.66. The lowest BCUT2D eigenvalue weighted by Crippen LogP contribution is -2.62. The van der Waals surface area contributed by atoms with E-state index in [-0.39, 0.29) is 12.2 Å². The summed E-state index contributed by atoms with van der Waals surface area (Å²) in [6, 6.07) is 0. The minimum Gasteiger partial charge on any atom is -0.432 e. The van der Waals surface area contributed by atoms with Crippen molar-refractivity contribution in [3.63, 3.8) is 0 Å². The lowest BCUT2D eigenvalue weighted by molar-refractivity contribution is -0.257. The molecule has 1 aliphatic carbocycles. The van der Waals surface area contributed by atoms with Crippen molar-refractivity contribution in [2.24, 2.45) is 5.92 Å². The molecule has 6 atom stereocenters. The molecule has 0 bridgehead atoms. The zero-order valence-corrected chi connectivity index (χ0v) is 17.6. The van der Waals surface area contributed by atoms with Crippen LogP contribution in [0.4, 0.5) is 9.59 Å². The first kappa shape index (κ1) is 25.4. The molecule has 0 aromatic carbocycles. The van der Waals surface area contributed by atoms with Gasteiger partial charge in [0.1, 0.15) is 18.3 Å². The molecule has 0 amide bonds. The van der Waals surface area contributed by atoms with Gasteiger partial charge < -0.3 is 43.4 Å². The van der Waals surface area contributed by atoms with Crippen LogP contribution in [-0.2, 0) is 33.2 Å². The Bertz CT molecular complexity index is 510. The smallest absolute Gasteiger partial charge is 0.432 e. The predicted molar refractivity (Wildman–Crippen MR) is 96.9 cm³/mol. The van der Waals surface area contributed by atoms with Crippen LogP contribution in [-0.4, -0.2) is 85.9 Å². The summed E-state index contributed by atoms with van der Waals surface area (Å²) in [4.78, 5) is 23.0. The molecular formula is C18H32O11. The molecular weight excluding hydrogens is 392 g/mol. The van der Waals surface area contributed by atoms with E-state index in [2.05, 4.69) is 0 Å². The lowest BCUT2D eigenvalue weighted by atomic mass is 9.79. The number of aliphatic hydroxyl groups excluding tert-OH is 2. The molecule has 6 unspecified atom stereocenters. The normalized spacial score (nSPS) is 29.6. The van der Waals surface area contributed by atoms with Gasteiger partial charge in [-0.05, 0) is 27.7 Å². The molecule has 2 N–H and O–H groups in total. The van der Waals surface area contributed by atoms with Crippen molar-refractivity contribution in [1.82, 2.24) is 0 Å². The van der Waals surface area contributed by atoms with Crippen molar-refractivity contribution in [2.45, 2.75) is 77.3 Å². The van der Waals surface area contributed by atoms with Crippen LogP contribution in [0.1, 0.15) is 34.6 Å². The van der Waals surface area contributed by atoms with Crippen LogP contribution < -0.4 is 0 Å². The highest BCUT2D eigenvalue weighted by Gasteiger charge is 2.50. The Balaban J connectivity index is 2.73. The van der Waals surface area contributed by atoms with Crippen molar-refractivity contribution in [2.75, 3.05) is 20.7 Å². The summed E-state index contributed by atoms with van der Waals surface area (Å²) < 4.78 is 35.4. The van der Waals surface area contributed by atoms with Gasteiger partial charge in [-0.1, -0.05) is 6.92 Å². The van der Waals surface area contributed by atoms with Gasteiger partial charge in [0.25, 0.3) is 0 Å². The van der Waals surface area contributed by atoms with Gasteiger partial charge in [-0.3, -0.25) is 0 Å². The van der Waals surface area contributed by atoms with Crippen LogP contribution in [0.2, 0.25) is 0 Å². The van der Waals surface area contributed by atoms with Crippen LogP contribution >= 0.6 is 0 Å². The van der Waals surface area contributed by atoms with Gasteiger partial charge in [0.05, 0.1) is 24.4 Å². The number of ether oxygens (including phenoxy) is 7. The number of hydrogen-bond donors (Lipinski definition) is 2. The molecule has 1 saturated carbocycles. The Morgan fingerprint density at radius 1 is 0.793 bits per heavy atom. The largest absolute Gasteiger partial charge is 0.510 e. The van der Waals surface area contributed by atoms with Crippen molar-refractivity contribution in [3.8, 4) is 0 Å². The second-order valence-corrected chi connectivity index (χ2v) is 7.16.